The van der Waals surface area contributed by atoms with Crippen molar-refractivity contribution in [2.24, 2.45) is 0 Å². The predicted molar refractivity (Wildman–Crippen MR) is 98.3 cm³/mol. The third-order valence-electron chi connectivity index (χ3n) is 4.59. The van der Waals surface area contributed by atoms with Crippen molar-refractivity contribution in [3.05, 3.63) is 56.7 Å². The van der Waals surface area contributed by atoms with Crippen molar-refractivity contribution >= 4 is 22.8 Å². The lowest BCUT2D eigenvalue weighted by Gasteiger charge is -2.16. The van der Waals surface area contributed by atoms with Crippen LogP contribution in [0.15, 0.2) is 17.1 Å². The Morgan fingerprint density at radius 1 is 1.28 bits per heavy atom. The highest BCUT2D eigenvalue weighted by molar-refractivity contribution is 5.94. The van der Waals surface area contributed by atoms with Crippen LogP contribution in [0, 0.1) is 18.2 Å². The molecule has 1 unspecified atom stereocenters. The molecule has 0 bridgehead atoms. The smallest absolute Gasteiger partial charge is 0.395 e. The van der Waals surface area contributed by atoms with Gasteiger partial charge in [-0.1, -0.05) is 0 Å². The first-order valence-corrected chi connectivity index (χ1v) is 9.12. The monoisotopic (exact) mass is 404 g/mol. The molecule has 7 nitrogen and oxygen atoms in total. The third kappa shape index (κ3) is 3.58. The molecule has 2 aromatic rings. The molecule has 1 aromatic heterocycles. The van der Waals surface area contributed by atoms with E-state index in [4.69, 9.17) is 16.0 Å². The van der Waals surface area contributed by atoms with Gasteiger partial charge in [-0.2, -0.15) is 0 Å². The molecule has 1 atom stereocenters. The molecular weight excluding hydrogens is 386 g/mol. The number of pyridine rings is 1. The Labute approximate surface area is 164 Å². The Kier molecular flexibility index (Phi) is 5.64. The van der Waals surface area contributed by atoms with Crippen LogP contribution in [0.4, 0.5) is 8.78 Å². The first-order chi connectivity index (χ1) is 13.8. The van der Waals surface area contributed by atoms with E-state index in [0.29, 0.717) is 12.8 Å². The van der Waals surface area contributed by atoms with Crippen molar-refractivity contribution in [3.63, 3.8) is 0 Å². The molecule has 29 heavy (non-hydrogen) atoms. The summed E-state index contributed by atoms with van der Waals surface area (Å²) < 4.78 is 41.2. The molecule has 0 saturated heterocycles. The van der Waals surface area contributed by atoms with Crippen molar-refractivity contribution in [2.75, 3.05) is 13.2 Å². The second kappa shape index (κ2) is 7.99. The minimum Gasteiger partial charge on any atom is -0.462 e. The van der Waals surface area contributed by atoms with Crippen LogP contribution in [-0.2, 0) is 14.3 Å². The maximum atomic E-state index is 15.4. The molecule has 9 heteroatoms. The summed E-state index contributed by atoms with van der Waals surface area (Å²) in [5.41, 5.74) is -2.23. The van der Waals surface area contributed by atoms with Gasteiger partial charge in [0.05, 0.1) is 24.1 Å². The fraction of sp³-hybridized carbons (Fsp3) is 0.400. The molecule has 1 saturated carbocycles. The summed E-state index contributed by atoms with van der Waals surface area (Å²) in [5.74, 6) is -4.38. The first kappa shape index (κ1) is 20.5. The van der Waals surface area contributed by atoms with Gasteiger partial charge in [-0.05, 0) is 32.8 Å². The lowest BCUT2D eigenvalue weighted by atomic mass is 10.0. The fourth-order valence-corrected chi connectivity index (χ4v) is 3.16. The molecule has 1 aliphatic carbocycles. The predicted octanol–water partition coefficient (Wildman–Crippen LogP) is 3.31. The number of hydrogen-bond acceptors (Lipinski definition) is 5. The Morgan fingerprint density at radius 2 is 1.93 bits per heavy atom. The Bertz CT molecular complexity index is 1100. The van der Waals surface area contributed by atoms with E-state index in [1.807, 2.05) is 0 Å². The average molecular weight is 404 g/mol. The van der Waals surface area contributed by atoms with Crippen LogP contribution >= 0.6 is 0 Å². The highest BCUT2D eigenvalue weighted by atomic mass is 19.1. The number of carbonyl (C=O) groups excluding carboxylic acids is 2. The summed E-state index contributed by atoms with van der Waals surface area (Å²) in [6.07, 6.45) is 2.55. The van der Waals surface area contributed by atoms with E-state index in [9.17, 15) is 18.8 Å². The number of ether oxygens (including phenoxy) is 2. The Balaban J connectivity index is 2.32. The van der Waals surface area contributed by atoms with E-state index in [2.05, 4.69) is 4.85 Å². The number of benzene rings is 1. The molecule has 0 N–H and O–H groups in total. The van der Waals surface area contributed by atoms with Gasteiger partial charge in [-0.3, -0.25) is 9.64 Å². The Hall–Kier alpha value is -3.28. The second-order valence-corrected chi connectivity index (χ2v) is 6.50. The van der Waals surface area contributed by atoms with Crippen LogP contribution in [0.25, 0.3) is 15.7 Å². The Morgan fingerprint density at radius 3 is 2.48 bits per heavy atom. The SMILES string of the molecule is [C-]#[N+]C(C(=O)OCC)c1c(F)cc2c(=O)c(C(=O)OCC)cn(C3CC3)c2c1F. The maximum Gasteiger partial charge on any atom is 0.395 e. The number of esters is 2. The topological polar surface area (TPSA) is 79.0 Å². The summed E-state index contributed by atoms with van der Waals surface area (Å²) in [6.45, 7) is 10.3. The van der Waals surface area contributed by atoms with E-state index >= 15 is 4.39 Å². The van der Waals surface area contributed by atoms with Gasteiger partial charge in [0, 0.05) is 12.2 Å². The normalized spacial score (nSPS) is 14.3. The summed E-state index contributed by atoms with van der Waals surface area (Å²) in [5, 5.41) is -0.353. The highest BCUT2D eigenvalue weighted by Gasteiger charge is 2.37. The van der Waals surface area contributed by atoms with Crippen molar-refractivity contribution < 1.29 is 27.8 Å². The largest absolute Gasteiger partial charge is 0.462 e. The van der Waals surface area contributed by atoms with Gasteiger partial charge < -0.3 is 14.0 Å². The van der Waals surface area contributed by atoms with Crippen molar-refractivity contribution in [1.82, 2.24) is 4.57 Å². The standard InChI is InChI=1S/C20H18F2N2O5/c1-4-28-19(26)12-9-24(10-6-7-10)17-11(18(12)25)8-13(21)14(15(17)22)16(23-3)20(27)29-5-2/h8-10,16H,4-7H2,1-2H3. The summed E-state index contributed by atoms with van der Waals surface area (Å²) in [7, 11) is 0. The van der Waals surface area contributed by atoms with Gasteiger partial charge in [0.15, 0.2) is 5.82 Å². The zero-order valence-corrected chi connectivity index (χ0v) is 15.8. The number of nitrogens with zero attached hydrogens (tertiary/aromatic N) is 2. The zero-order chi connectivity index (χ0) is 21.3. The molecule has 1 heterocycles. The molecule has 1 fully saturated rings. The molecule has 152 valence electrons. The fourth-order valence-electron chi connectivity index (χ4n) is 3.16. The van der Waals surface area contributed by atoms with Crippen LogP contribution in [-0.4, -0.2) is 29.7 Å². The molecule has 1 aliphatic rings. The summed E-state index contributed by atoms with van der Waals surface area (Å²) in [4.78, 5) is 39.9. The van der Waals surface area contributed by atoms with Crippen LogP contribution in [0.2, 0.25) is 0 Å². The quantitative estimate of drug-likeness (QED) is 0.545. The molecular formula is C20H18F2N2O5. The van der Waals surface area contributed by atoms with Crippen LogP contribution < -0.4 is 5.43 Å². The molecule has 0 radical (unpaired) electrons. The molecule has 0 spiro atoms. The van der Waals surface area contributed by atoms with Crippen LogP contribution in [0.5, 0.6) is 0 Å². The van der Waals surface area contributed by atoms with E-state index in [-0.39, 0.29) is 35.7 Å². The van der Waals surface area contributed by atoms with Gasteiger partial charge >= 0.3 is 18.0 Å². The van der Waals surface area contributed by atoms with Crippen molar-refractivity contribution in [1.29, 1.82) is 0 Å². The molecule has 1 aromatic carbocycles. The highest BCUT2D eigenvalue weighted by Crippen LogP contribution is 2.39. The second-order valence-electron chi connectivity index (χ2n) is 6.50. The number of rotatable bonds is 6. The van der Waals surface area contributed by atoms with E-state index in [1.54, 1.807) is 6.92 Å². The van der Waals surface area contributed by atoms with E-state index < -0.39 is 40.6 Å². The summed E-state index contributed by atoms with van der Waals surface area (Å²) >= 11 is 0. The number of aromatic nitrogens is 1. The van der Waals surface area contributed by atoms with Crippen molar-refractivity contribution in [2.45, 2.75) is 38.8 Å². The zero-order valence-electron chi connectivity index (χ0n) is 15.8. The molecule has 0 amide bonds. The van der Waals surface area contributed by atoms with E-state index in [1.165, 1.54) is 17.7 Å². The minimum absolute atomic E-state index is 0.0353. The van der Waals surface area contributed by atoms with Crippen molar-refractivity contribution in [3.8, 4) is 0 Å². The summed E-state index contributed by atoms with van der Waals surface area (Å²) in [6, 6.07) is -1.27. The van der Waals surface area contributed by atoms with E-state index in [0.717, 1.165) is 6.07 Å². The maximum absolute atomic E-state index is 15.4. The van der Waals surface area contributed by atoms with Crippen LogP contribution in [0.3, 0.4) is 0 Å². The number of halogens is 2. The lowest BCUT2D eigenvalue weighted by Crippen LogP contribution is -2.23. The lowest BCUT2D eigenvalue weighted by molar-refractivity contribution is -0.143. The van der Waals surface area contributed by atoms with Gasteiger partial charge in [0.25, 0.3) is 0 Å². The number of hydrogen-bond donors (Lipinski definition) is 0. The average Bonchev–Trinajstić information content (AvgIpc) is 3.51. The van der Waals surface area contributed by atoms with Gasteiger partial charge in [0.2, 0.25) is 5.43 Å². The first-order valence-electron chi connectivity index (χ1n) is 9.12. The van der Waals surface area contributed by atoms with Gasteiger partial charge in [-0.25, -0.2) is 24.9 Å². The molecule has 3 rings (SSSR count). The third-order valence-corrected chi connectivity index (χ3v) is 4.59. The van der Waals surface area contributed by atoms with Gasteiger partial charge in [-0.15, -0.1) is 0 Å². The molecule has 0 aliphatic heterocycles. The minimum atomic E-state index is -1.84. The van der Waals surface area contributed by atoms with Crippen LogP contribution in [0.1, 0.15) is 54.7 Å². The number of carbonyl (C=O) groups is 2. The van der Waals surface area contributed by atoms with Gasteiger partial charge in [0.1, 0.15) is 16.9 Å². The number of fused-ring (bicyclic) bond motifs is 1.